The van der Waals surface area contributed by atoms with Crippen LogP contribution in [0.4, 0.5) is 4.79 Å². The molecule has 0 rings (SSSR count). The summed E-state index contributed by atoms with van der Waals surface area (Å²) in [4.78, 5) is 12.6. The van der Waals surface area contributed by atoms with Gasteiger partial charge in [-0.25, -0.2) is 4.79 Å². The molecule has 0 saturated carbocycles. The molecule has 0 saturated heterocycles. The molecule has 3 N–H and O–H groups in total. The third kappa shape index (κ3) is 9.43. The second kappa shape index (κ2) is 8.13. The summed E-state index contributed by atoms with van der Waals surface area (Å²) < 4.78 is 0. The van der Waals surface area contributed by atoms with Gasteiger partial charge in [0.25, 0.3) is 0 Å². The van der Waals surface area contributed by atoms with Crippen molar-refractivity contribution in [2.45, 2.75) is 25.8 Å². The SMILES string of the molecule is CCC(CCN(C)C)NC(N)=O.Cl. The zero-order valence-corrected chi connectivity index (χ0v) is 9.36. The van der Waals surface area contributed by atoms with Gasteiger partial charge in [-0.15, -0.1) is 12.4 Å². The highest BCUT2D eigenvalue weighted by Gasteiger charge is 2.07. The van der Waals surface area contributed by atoms with E-state index >= 15 is 0 Å². The third-order valence-electron chi connectivity index (χ3n) is 1.76. The lowest BCUT2D eigenvalue weighted by atomic mass is 10.1. The van der Waals surface area contributed by atoms with Crippen molar-refractivity contribution in [3.05, 3.63) is 0 Å². The highest BCUT2D eigenvalue weighted by atomic mass is 35.5. The minimum absolute atomic E-state index is 0. The monoisotopic (exact) mass is 209 g/mol. The van der Waals surface area contributed by atoms with Gasteiger partial charge in [0.2, 0.25) is 0 Å². The highest BCUT2D eigenvalue weighted by molar-refractivity contribution is 5.85. The summed E-state index contributed by atoms with van der Waals surface area (Å²) in [6.07, 6.45) is 1.88. The first-order valence-corrected chi connectivity index (χ1v) is 4.27. The predicted octanol–water partition coefficient (Wildman–Crippen LogP) is 0.807. The van der Waals surface area contributed by atoms with Crippen molar-refractivity contribution < 1.29 is 4.79 Å². The molecule has 0 spiro atoms. The van der Waals surface area contributed by atoms with E-state index in [4.69, 9.17) is 5.73 Å². The number of halogens is 1. The molecule has 0 aromatic heterocycles. The fourth-order valence-electron chi connectivity index (χ4n) is 0.994. The fraction of sp³-hybridized carbons (Fsp3) is 0.875. The maximum absolute atomic E-state index is 10.5. The van der Waals surface area contributed by atoms with Gasteiger partial charge in [0.05, 0.1) is 0 Å². The Morgan fingerprint density at radius 2 is 2.08 bits per heavy atom. The Morgan fingerprint density at radius 3 is 2.38 bits per heavy atom. The number of hydrogen-bond acceptors (Lipinski definition) is 2. The molecule has 80 valence electrons. The summed E-state index contributed by atoms with van der Waals surface area (Å²) in [5, 5.41) is 2.70. The zero-order chi connectivity index (χ0) is 9.56. The second-order valence-electron chi connectivity index (χ2n) is 3.21. The summed E-state index contributed by atoms with van der Waals surface area (Å²) in [7, 11) is 4.02. The van der Waals surface area contributed by atoms with E-state index in [1.54, 1.807) is 0 Å². The Morgan fingerprint density at radius 1 is 1.54 bits per heavy atom. The molecule has 0 aromatic rings. The lowest BCUT2D eigenvalue weighted by molar-refractivity contribution is 0.242. The fourth-order valence-corrected chi connectivity index (χ4v) is 0.994. The van der Waals surface area contributed by atoms with Gasteiger partial charge in [-0.3, -0.25) is 0 Å². The number of nitrogens with zero attached hydrogens (tertiary/aromatic N) is 1. The van der Waals surface area contributed by atoms with Crippen LogP contribution in [0.15, 0.2) is 0 Å². The number of nitrogens with one attached hydrogen (secondary N) is 1. The number of hydrogen-bond donors (Lipinski definition) is 2. The van der Waals surface area contributed by atoms with Crippen molar-refractivity contribution in [1.82, 2.24) is 10.2 Å². The van der Waals surface area contributed by atoms with Gasteiger partial charge in [0, 0.05) is 6.04 Å². The molecule has 0 bridgehead atoms. The molecule has 0 heterocycles. The Balaban J connectivity index is 0. The molecule has 0 aliphatic carbocycles. The van der Waals surface area contributed by atoms with Crippen LogP contribution in [0, 0.1) is 0 Å². The van der Waals surface area contributed by atoms with E-state index in [9.17, 15) is 4.79 Å². The number of nitrogens with two attached hydrogens (primary N) is 1. The molecule has 0 radical (unpaired) electrons. The molecule has 5 heteroatoms. The Kier molecular flexibility index (Phi) is 9.39. The van der Waals surface area contributed by atoms with Crippen molar-refractivity contribution in [1.29, 1.82) is 0 Å². The molecule has 0 aromatic carbocycles. The average molecular weight is 210 g/mol. The first-order valence-electron chi connectivity index (χ1n) is 4.27. The predicted molar refractivity (Wildman–Crippen MR) is 57.2 cm³/mol. The van der Waals surface area contributed by atoms with Crippen LogP contribution in [0.5, 0.6) is 0 Å². The quantitative estimate of drug-likeness (QED) is 0.704. The summed E-state index contributed by atoms with van der Waals surface area (Å²) in [6, 6.07) is -0.217. The van der Waals surface area contributed by atoms with Crippen LogP contribution in [-0.2, 0) is 0 Å². The zero-order valence-electron chi connectivity index (χ0n) is 8.54. The Hall–Kier alpha value is -0.480. The van der Waals surface area contributed by atoms with E-state index in [-0.39, 0.29) is 18.4 Å². The summed E-state index contributed by atoms with van der Waals surface area (Å²) in [5.41, 5.74) is 5.01. The first-order chi connectivity index (χ1) is 5.56. The smallest absolute Gasteiger partial charge is 0.312 e. The number of primary amides is 1. The largest absolute Gasteiger partial charge is 0.352 e. The van der Waals surface area contributed by atoms with Crippen LogP contribution >= 0.6 is 12.4 Å². The molecular formula is C8H20ClN3O. The van der Waals surface area contributed by atoms with Crippen molar-refractivity contribution in [3.63, 3.8) is 0 Å². The van der Waals surface area contributed by atoms with Crippen LogP contribution in [-0.4, -0.2) is 37.6 Å². The Labute approximate surface area is 86.3 Å². The summed E-state index contributed by atoms with van der Waals surface area (Å²) in [5.74, 6) is 0. The van der Waals surface area contributed by atoms with E-state index in [1.807, 2.05) is 21.0 Å². The molecule has 0 aliphatic rings. The lowest BCUT2D eigenvalue weighted by Gasteiger charge is -2.17. The van der Waals surface area contributed by atoms with E-state index in [1.165, 1.54) is 0 Å². The molecule has 1 atom stereocenters. The Bertz CT molecular complexity index is 141. The number of carbonyl (C=O) groups is 1. The average Bonchev–Trinajstić information content (AvgIpc) is 1.97. The third-order valence-corrected chi connectivity index (χ3v) is 1.76. The van der Waals surface area contributed by atoms with Crippen LogP contribution in [0.2, 0.25) is 0 Å². The van der Waals surface area contributed by atoms with E-state index in [0.717, 1.165) is 19.4 Å². The van der Waals surface area contributed by atoms with Crippen LogP contribution in [0.1, 0.15) is 19.8 Å². The molecule has 0 fully saturated rings. The number of carbonyl (C=O) groups excluding carboxylic acids is 1. The molecule has 0 aliphatic heterocycles. The van der Waals surface area contributed by atoms with E-state index in [0.29, 0.717) is 0 Å². The first kappa shape index (κ1) is 15.0. The van der Waals surface area contributed by atoms with Gasteiger partial charge in [0.1, 0.15) is 0 Å². The van der Waals surface area contributed by atoms with Crippen molar-refractivity contribution in [3.8, 4) is 0 Å². The van der Waals surface area contributed by atoms with Crippen LogP contribution in [0.3, 0.4) is 0 Å². The normalized spacial score (nSPS) is 12.0. The van der Waals surface area contributed by atoms with Gasteiger partial charge in [-0.2, -0.15) is 0 Å². The minimum Gasteiger partial charge on any atom is -0.352 e. The minimum atomic E-state index is -0.430. The van der Waals surface area contributed by atoms with Crippen molar-refractivity contribution >= 4 is 18.4 Å². The number of urea groups is 1. The molecule has 1 unspecified atom stereocenters. The molecule has 4 nitrogen and oxygen atoms in total. The highest BCUT2D eigenvalue weighted by Crippen LogP contribution is 1.97. The van der Waals surface area contributed by atoms with Crippen LogP contribution < -0.4 is 11.1 Å². The summed E-state index contributed by atoms with van der Waals surface area (Å²) in [6.45, 7) is 3.01. The molecular weight excluding hydrogens is 190 g/mol. The van der Waals surface area contributed by atoms with Gasteiger partial charge in [0.15, 0.2) is 0 Å². The lowest BCUT2D eigenvalue weighted by Crippen LogP contribution is -2.39. The standard InChI is InChI=1S/C8H19N3O.ClH/c1-4-7(10-8(9)12)5-6-11(2)3;/h7H,4-6H2,1-3H3,(H3,9,10,12);1H. The summed E-state index contributed by atoms with van der Waals surface area (Å²) >= 11 is 0. The van der Waals surface area contributed by atoms with Crippen LogP contribution in [0.25, 0.3) is 0 Å². The molecule has 13 heavy (non-hydrogen) atoms. The maximum atomic E-state index is 10.5. The van der Waals surface area contributed by atoms with Gasteiger partial charge >= 0.3 is 6.03 Å². The van der Waals surface area contributed by atoms with Gasteiger partial charge in [-0.1, -0.05) is 6.92 Å². The topological polar surface area (TPSA) is 58.4 Å². The van der Waals surface area contributed by atoms with E-state index in [2.05, 4.69) is 10.2 Å². The number of rotatable bonds is 5. The van der Waals surface area contributed by atoms with Gasteiger partial charge < -0.3 is 16.0 Å². The van der Waals surface area contributed by atoms with E-state index < -0.39 is 6.03 Å². The maximum Gasteiger partial charge on any atom is 0.312 e. The van der Waals surface area contributed by atoms with Crippen molar-refractivity contribution in [2.24, 2.45) is 5.73 Å². The van der Waals surface area contributed by atoms with Gasteiger partial charge in [-0.05, 0) is 33.5 Å². The van der Waals surface area contributed by atoms with Crippen molar-refractivity contribution in [2.75, 3.05) is 20.6 Å². The second-order valence-corrected chi connectivity index (χ2v) is 3.21. The number of amides is 2. The molecule has 2 amide bonds.